The Morgan fingerprint density at radius 1 is 0.395 bits per heavy atom. The Balaban J connectivity index is 3.91. The molecule has 9 heteroatoms. The van der Waals surface area contributed by atoms with Crippen LogP contribution in [0, 0.1) is 0 Å². The van der Waals surface area contributed by atoms with Gasteiger partial charge in [-0.25, -0.2) is 0 Å². The molecule has 8 nitrogen and oxygen atoms in total. The van der Waals surface area contributed by atoms with Crippen LogP contribution in [0.4, 0.5) is 0 Å². The van der Waals surface area contributed by atoms with Crippen molar-refractivity contribution in [3.8, 4) is 0 Å². The summed E-state index contributed by atoms with van der Waals surface area (Å²) in [7, 11) is 1.29. The Morgan fingerprint density at radius 3 is 0.872 bits per heavy atom. The Kier molecular flexibility index (Phi) is 68.0. The lowest BCUT2D eigenvalue weighted by atomic mass is 10.0. The topological polar surface area (TPSA) is 108 Å². The van der Waals surface area contributed by atoms with Crippen LogP contribution in [0.3, 0.4) is 0 Å². The third-order valence-corrected chi connectivity index (χ3v) is 19.5. The van der Waals surface area contributed by atoms with Crippen molar-refractivity contribution in [1.82, 2.24) is 5.32 Å². The number of rotatable bonds is 74. The monoisotopic (exact) mass is 1240 g/mol. The van der Waals surface area contributed by atoms with Crippen LogP contribution in [-0.2, 0) is 18.4 Å². The molecule has 0 aromatic carbocycles. The maximum Gasteiger partial charge on any atom is 0.268 e. The number of nitrogens with zero attached hydrogens (tertiary/aromatic N) is 1. The van der Waals surface area contributed by atoms with Crippen molar-refractivity contribution in [2.45, 2.75) is 437 Å². The quantitative estimate of drug-likeness (QED) is 0.0272. The van der Waals surface area contributed by atoms with Gasteiger partial charge in [0.05, 0.1) is 39.9 Å². The van der Waals surface area contributed by atoms with E-state index in [1.807, 2.05) is 27.2 Å². The highest BCUT2D eigenvalue weighted by Gasteiger charge is 2.23. The molecule has 0 aromatic rings. The number of allylic oxidation sites excluding steroid dienone is 1. The highest BCUT2D eigenvalue weighted by Crippen LogP contribution is 2.38. The zero-order chi connectivity index (χ0) is 62.6. The second-order valence-electron chi connectivity index (χ2n) is 28.4. The molecule has 0 saturated heterocycles. The van der Waals surface area contributed by atoms with Crippen LogP contribution in [0.2, 0.25) is 0 Å². The van der Waals surface area contributed by atoms with E-state index in [9.17, 15) is 19.4 Å². The number of carbonyl (C=O) groups is 1. The summed E-state index contributed by atoms with van der Waals surface area (Å²) >= 11 is 0. The Bertz CT molecular complexity index is 1410. The average Bonchev–Trinajstić information content (AvgIpc) is 3.70. The molecule has 0 aliphatic heterocycles. The molecule has 0 heterocycles. The fourth-order valence-corrected chi connectivity index (χ4v) is 13.2. The third kappa shape index (κ3) is 70.7. The molecule has 0 saturated carbocycles. The Labute approximate surface area is 539 Å². The van der Waals surface area contributed by atoms with Crippen molar-refractivity contribution >= 4 is 13.7 Å². The number of phosphoric acid groups is 1. The lowest BCUT2D eigenvalue weighted by molar-refractivity contribution is -0.870. The van der Waals surface area contributed by atoms with Gasteiger partial charge in [-0.1, -0.05) is 411 Å². The van der Waals surface area contributed by atoms with E-state index in [2.05, 4.69) is 19.2 Å². The number of hydrogen-bond acceptors (Lipinski definition) is 6. The van der Waals surface area contributed by atoms with Crippen molar-refractivity contribution < 1.29 is 32.9 Å². The number of aliphatic hydroxyl groups excluding tert-OH is 1. The molecular weight excluding hydrogens is 1080 g/mol. The molecule has 0 bridgehead atoms. The van der Waals surface area contributed by atoms with E-state index < -0.39 is 20.0 Å². The Hall–Kier alpha value is -0.760. The van der Waals surface area contributed by atoms with Crippen LogP contribution < -0.4 is 10.2 Å². The number of phosphoric ester groups is 1. The second kappa shape index (κ2) is 68.6. The van der Waals surface area contributed by atoms with Crippen LogP contribution in [0.25, 0.3) is 0 Å². The SMILES string of the molecule is CCCCCCCCCCCCCCCCCCCCCCCCCC/C=C/C(O)C(COP(=O)([O-])OCC[N+](C)(C)C)NC(=O)CCCCCCCCCCCCCCCCCCCCCCCCCCCCCCCCCCCCCCCC. The van der Waals surface area contributed by atoms with E-state index in [1.54, 1.807) is 6.08 Å². The van der Waals surface area contributed by atoms with Crippen LogP contribution in [0.15, 0.2) is 12.2 Å². The third-order valence-electron chi connectivity index (χ3n) is 18.5. The van der Waals surface area contributed by atoms with Gasteiger partial charge >= 0.3 is 0 Å². The molecule has 2 N–H and O–H groups in total. The minimum Gasteiger partial charge on any atom is -0.756 e. The van der Waals surface area contributed by atoms with Gasteiger partial charge in [-0.05, 0) is 19.3 Å². The van der Waals surface area contributed by atoms with Crippen molar-refractivity contribution in [3.63, 3.8) is 0 Å². The molecule has 1 amide bonds. The molecular formula is C77H155N2O6P. The zero-order valence-corrected chi connectivity index (χ0v) is 60.0. The van der Waals surface area contributed by atoms with Gasteiger partial charge in [0, 0.05) is 6.42 Å². The molecule has 3 unspecified atom stereocenters. The lowest BCUT2D eigenvalue weighted by Gasteiger charge is -2.29. The summed E-state index contributed by atoms with van der Waals surface area (Å²) in [6, 6.07) is -0.884. The first-order chi connectivity index (χ1) is 42.0. The van der Waals surface area contributed by atoms with E-state index in [1.165, 1.54) is 366 Å². The number of carbonyl (C=O) groups excluding carboxylic acids is 1. The molecule has 0 radical (unpaired) electrons. The predicted molar refractivity (Wildman–Crippen MR) is 376 cm³/mol. The van der Waals surface area contributed by atoms with Crippen molar-refractivity contribution in [2.75, 3.05) is 40.9 Å². The fraction of sp³-hybridized carbons (Fsp3) is 0.961. The van der Waals surface area contributed by atoms with Crippen LogP contribution >= 0.6 is 7.82 Å². The summed E-state index contributed by atoms with van der Waals surface area (Å²) in [6.45, 7) is 4.73. The molecule has 86 heavy (non-hydrogen) atoms. The predicted octanol–water partition coefficient (Wildman–Crippen LogP) is 24.6. The summed E-state index contributed by atoms with van der Waals surface area (Å²) in [4.78, 5) is 25.7. The standard InChI is InChI=1S/C77H155N2O6P/c1-6-8-10-12-14-16-18-20-22-24-26-28-30-32-34-35-36-37-38-39-40-41-42-43-44-45-47-49-51-53-55-57-59-61-63-65-67-69-71-77(81)78-75(74-85-86(82,83)84-73-72-79(3,4)5)76(80)70-68-66-64-62-60-58-56-54-52-50-48-46-33-31-29-27-25-23-21-19-17-15-13-11-9-7-2/h68,70,75-76,80H,6-67,69,71-74H2,1-5H3,(H-,78,81,82,83)/b70-68+. The first kappa shape index (κ1) is 85.2. The van der Waals surface area contributed by atoms with E-state index in [0.717, 1.165) is 38.5 Å². The molecule has 3 atom stereocenters. The summed E-state index contributed by atoms with van der Waals surface area (Å²) in [5.74, 6) is -0.186. The smallest absolute Gasteiger partial charge is 0.268 e. The van der Waals surface area contributed by atoms with Crippen LogP contribution in [0.5, 0.6) is 0 Å². The van der Waals surface area contributed by atoms with Gasteiger partial charge < -0.3 is 28.8 Å². The Morgan fingerprint density at radius 2 is 0.628 bits per heavy atom. The maximum atomic E-state index is 13.1. The molecule has 0 fully saturated rings. The second-order valence-corrected chi connectivity index (χ2v) is 29.8. The first-order valence-electron chi connectivity index (χ1n) is 39.1. The number of nitrogens with one attached hydrogen (secondary N) is 1. The van der Waals surface area contributed by atoms with E-state index in [4.69, 9.17) is 9.05 Å². The summed E-state index contributed by atoms with van der Waals surface area (Å²) in [5.41, 5.74) is 0. The van der Waals surface area contributed by atoms with Gasteiger partial charge in [-0.2, -0.15) is 0 Å². The molecule has 0 spiro atoms. The van der Waals surface area contributed by atoms with Gasteiger partial charge in [0.2, 0.25) is 5.91 Å². The maximum absolute atomic E-state index is 13.1. The molecule has 0 rings (SSSR count). The number of likely N-dealkylation sites (N-methyl/N-ethyl adjacent to an activating group) is 1. The minimum absolute atomic E-state index is 0.00310. The number of unbranched alkanes of at least 4 members (excludes halogenated alkanes) is 61. The lowest BCUT2D eigenvalue weighted by Crippen LogP contribution is -2.45. The minimum atomic E-state index is -4.60. The van der Waals surface area contributed by atoms with Crippen molar-refractivity contribution in [2.24, 2.45) is 0 Å². The van der Waals surface area contributed by atoms with Gasteiger partial charge in [0.15, 0.2) is 0 Å². The number of aliphatic hydroxyl groups is 1. The summed E-state index contributed by atoms with van der Waals surface area (Å²) in [6.07, 6.45) is 89.5. The number of amides is 1. The average molecular weight is 1240 g/mol. The van der Waals surface area contributed by atoms with E-state index in [-0.39, 0.29) is 19.1 Å². The normalized spacial score (nSPS) is 13.5. The van der Waals surface area contributed by atoms with Crippen LogP contribution in [-0.4, -0.2) is 68.5 Å². The van der Waals surface area contributed by atoms with Gasteiger partial charge in [-0.3, -0.25) is 9.36 Å². The van der Waals surface area contributed by atoms with Crippen LogP contribution in [0.1, 0.15) is 425 Å². The molecule has 0 aliphatic rings. The van der Waals surface area contributed by atoms with E-state index >= 15 is 0 Å². The first-order valence-corrected chi connectivity index (χ1v) is 40.5. The molecule has 0 aliphatic carbocycles. The highest BCUT2D eigenvalue weighted by atomic mass is 31.2. The zero-order valence-electron chi connectivity index (χ0n) is 59.1. The highest BCUT2D eigenvalue weighted by molar-refractivity contribution is 7.45. The largest absolute Gasteiger partial charge is 0.756 e. The summed E-state index contributed by atoms with van der Waals surface area (Å²) in [5, 5.41) is 14.0. The van der Waals surface area contributed by atoms with Crippen molar-refractivity contribution in [1.29, 1.82) is 0 Å². The summed E-state index contributed by atoms with van der Waals surface area (Å²) < 4.78 is 23.5. The van der Waals surface area contributed by atoms with Gasteiger partial charge in [0.1, 0.15) is 13.2 Å². The molecule has 0 aromatic heterocycles. The van der Waals surface area contributed by atoms with Crippen molar-refractivity contribution in [3.05, 3.63) is 12.2 Å². The number of hydrogen-bond donors (Lipinski definition) is 2. The van der Waals surface area contributed by atoms with E-state index in [0.29, 0.717) is 17.4 Å². The molecule has 514 valence electrons. The number of quaternary nitrogens is 1. The fourth-order valence-electron chi connectivity index (χ4n) is 12.5. The van der Waals surface area contributed by atoms with Gasteiger partial charge in [-0.15, -0.1) is 0 Å². The van der Waals surface area contributed by atoms with Gasteiger partial charge in [0.25, 0.3) is 7.82 Å².